The van der Waals surface area contributed by atoms with Crippen LogP contribution in [0, 0.1) is 10.1 Å². The summed E-state index contributed by atoms with van der Waals surface area (Å²) in [5.41, 5.74) is 2.22. The summed E-state index contributed by atoms with van der Waals surface area (Å²) in [4.78, 5) is 16.2. The molecule has 0 N–H and O–H groups in total. The lowest BCUT2D eigenvalue weighted by atomic mass is 10.0. The van der Waals surface area contributed by atoms with Crippen LogP contribution >= 0.6 is 0 Å². The van der Waals surface area contributed by atoms with Crippen LogP contribution in [0.2, 0.25) is 0 Å². The van der Waals surface area contributed by atoms with Gasteiger partial charge in [-0.3, -0.25) is 10.1 Å². The van der Waals surface area contributed by atoms with Gasteiger partial charge in [0.25, 0.3) is 5.69 Å². The van der Waals surface area contributed by atoms with E-state index in [4.69, 9.17) is 0 Å². The predicted molar refractivity (Wildman–Crippen MR) is 153 cm³/mol. The molecule has 5 rings (SSSR count). The van der Waals surface area contributed by atoms with Crippen LogP contribution in [0.4, 0.5) is 11.4 Å². The Labute approximate surface area is 231 Å². The molecule has 0 aromatic heterocycles. The number of nitrogens with zero attached hydrogens (tertiary/aromatic N) is 4. The lowest BCUT2D eigenvalue weighted by molar-refractivity contribution is -0.384. The SMILES string of the molecule is O=[N+]([O-])c1cc(S(=O)(=O)N2CCC(N3CCCCC3)CC2)ccc1N(Cc1ccccc1)Cc1ccccc1. The Morgan fingerprint density at radius 3 is 1.90 bits per heavy atom. The van der Waals surface area contributed by atoms with Gasteiger partial charge in [0.15, 0.2) is 0 Å². The van der Waals surface area contributed by atoms with Crippen molar-refractivity contribution in [3.63, 3.8) is 0 Å². The van der Waals surface area contributed by atoms with Crippen molar-refractivity contribution in [3.05, 3.63) is 100 Å². The van der Waals surface area contributed by atoms with Crippen LogP contribution in [0.1, 0.15) is 43.2 Å². The first-order chi connectivity index (χ1) is 18.9. The molecule has 0 radical (unpaired) electrons. The van der Waals surface area contributed by atoms with E-state index < -0.39 is 14.9 Å². The topological polar surface area (TPSA) is 87.0 Å². The molecule has 2 fully saturated rings. The molecule has 3 aromatic rings. The molecule has 3 aromatic carbocycles. The zero-order valence-corrected chi connectivity index (χ0v) is 23.0. The largest absolute Gasteiger partial charge is 0.357 e. The third-order valence-corrected chi connectivity index (χ3v) is 9.78. The number of sulfonamides is 1. The van der Waals surface area contributed by atoms with Gasteiger partial charge in [-0.15, -0.1) is 0 Å². The fourth-order valence-corrected chi connectivity index (χ4v) is 7.28. The van der Waals surface area contributed by atoms with E-state index in [2.05, 4.69) is 4.90 Å². The van der Waals surface area contributed by atoms with E-state index >= 15 is 0 Å². The maximum absolute atomic E-state index is 13.6. The first-order valence-electron chi connectivity index (χ1n) is 13.8. The molecule has 0 amide bonds. The highest BCUT2D eigenvalue weighted by Gasteiger charge is 2.33. The molecule has 2 aliphatic heterocycles. The standard InChI is InChI=1S/C30H36N4O4S/c35-34(36)30-22-28(39(37,38)33-20-16-27(17-21-33)31-18-8-3-9-19-31)14-15-29(30)32(23-25-10-4-1-5-11-25)24-26-12-6-2-7-13-26/h1-2,4-7,10-15,22,27H,3,8-9,16-21,23-24H2. The minimum atomic E-state index is -3.84. The highest BCUT2D eigenvalue weighted by Crippen LogP contribution is 2.34. The quantitative estimate of drug-likeness (QED) is 0.261. The van der Waals surface area contributed by atoms with E-state index in [0.29, 0.717) is 37.9 Å². The minimum Gasteiger partial charge on any atom is -0.357 e. The van der Waals surface area contributed by atoms with Gasteiger partial charge < -0.3 is 9.80 Å². The van der Waals surface area contributed by atoms with E-state index in [-0.39, 0.29) is 10.6 Å². The Morgan fingerprint density at radius 2 is 1.36 bits per heavy atom. The number of benzene rings is 3. The summed E-state index contributed by atoms with van der Waals surface area (Å²) < 4.78 is 28.7. The van der Waals surface area contributed by atoms with Crippen molar-refractivity contribution in [1.29, 1.82) is 0 Å². The molecule has 39 heavy (non-hydrogen) atoms. The predicted octanol–water partition coefficient (Wildman–Crippen LogP) is 5.44. The molecule has 0 unspecified atom stereocenters. The lowest BCUT2D eigenvalue weighted by Crippen LogP contribution is -2.48. The van der Waals surface area contributed by atoms with Gasteiger partial charge in [-0.05, 0) is 62.0 Å². The summed E-state index contributed by atoms with van der Waals surface area (Å²) in [7, 11) is -3.84. The number of anilines is 1. The third kappa shape index (κ3) is 6.49. The van der Waals surface area contributed by atoms with Gasteiger partial charge in [0.1, 0.15) is 5.69 Å². The molecule has 0 atom stereocenters. The van der Waals surface area contributed by atoms with Crippen molar-refractivity contribution in [3.8, 4) is 0 Å². The number of hydrogen-bond donors (Lipinski definition) is 0. The van der Waals surface area contributed by atoms with Crippen LogP contribution in [0.3, 0.4) is 0 Å². The number of rotatable bonds is 9. The highest BCUT2D eigenvalue weighted by molar-refractivity contribution is 7.89. The normalized spacial score (nSPS) is 17.6. The first kappa shape index (κ1) is 27.3. The van der Waals surface area contributed by atoms with E-state index in [1.54, 1.807) is 6.07 Å². The fourth-order valence-electron chi connectivity index (χ4n) is 5.79. The Kier molecular flexibility index (Phi) is 8.60. The molecule has 0 bridgehead atoms. The van der Waals surface area contributed by atoms with E-state index in [1.807, 2.05) is 65.6 Å². The van der Waals surface area contributed by atoms with Crippen LogP contribution in [0.25, 0.3) is 0 Å². The molecule has 206 valence electrons. The first-order valence-corrected chi connectivity index (χ1v) is 15.2. The van der Waals surface area contributed by atoms with Crippen LogP contribution < -0.4 is 4.90 Å². The van der Waals surface area contributed by atoms with E-state index in [0.717, 1.165) is 37.1 Å². The van der Waals surface area contributed by atoms with Gasteiger partial charge in [-0.25, -0.2) is 8.42 Å². The van der Waals surface area contributed by atoms with E-state index in [1.165, 1.54) is 35.7 Å². The van der Waals surface area contributed by atoms with Crippen LogP contribution in [-0.2, 0) is 23.1 Å². The van der Waals surface area contributed by atoms with Crippen LogP contribution in [0.5, 0.6) is 0 Å². The zero-order valence-electron chi connectivity index (χ0n) is 22.2. The van der Waals surface area contributed by atoms with Crippen molar-refractivity contribution in [1.82, 2.24) is 9.21 Å². The molecule has 0 spiro atoms. The van der Waals surface area contributed by atoms with Crippen molar-refractivity contribution < 1.29 is 13.3 Å². The number of piperidine rings is 2. The van der Waals surface area contributed by atoms with Gasteiger partial charge in [-0.2, -0.15) is 4.31 Å². The summed E-state index contributed by atoms with van der Waals surface area (Å²) in [5, 5.41) is 12.3. The Balaban J connectivity index is 1.40. The number of nitro groups is 1. The smallest absolute Gasteiger partial charge is 0.293 e. The second kappa shape index (κ2) is 12.3. The summed E-state index contributed by atoms with van der Waals surface area (Å²) in [6, 6.07) is 24.3. The van der Waals surface area contributed by atoms with E-state index in [9.17, 15) is 18.5 Å². The average Bonchev–Trinajstić information content (AvgIpc) is 2.98. The van der Waals surface area contributed by atoms with Crippen molar-refractivity contribution in [2.45, 2.75) is 56.1 Å². The second-order valence-corrected chi connectivity index (χ2v) is 12.4. The van der Waals surface area contributed by atoms with Gasteiger partial charge in [0.2, 0.25) is 10.0 Å². The Bertz CT molecular complexity index is 1310. The van der Waals surface area contributed by atoms with Crippen molar-refractivity contribution in [2.75, 3.05) is 31.1 Å². The monoisotopic (exact) mass is 548 g/mol. The van der Waals surface area contributed by atoms with Gasteiger partial charge in [0, 0.05) is 38.3 Å². The van der Waals surface area contributed by atoms with Crippen molar-refractivity contribution >= 4 is 21.4 Å². The molecule has 2 aliphatic rings. The summed E-state index contributed by atoms with van der Waals surface area (Å²) in [5.74, 6) is 0. The van der Waals surface area contributed by atoms with Gasteiger partial charge in [0.05, 0.1) is 9.82 Å². The van der Waals surface area contributed by atoms with Crippen LogP contribution in [-0.4, -0.2) is 54.8 Å². The lowest BCUT2D eigenvalue weighted by Gasteiger charge is -2.39. The third-order valence-electron chi connectivity index (χ3n) is 7.89. The summed E-state index contributed by atoms with van der Waals surface area (Å²) in [6.45, 7) is 3.96. The second-order valence-electron chi connectivity index (χ2n) is 10.5. The number of likely N-dealkylation sites (tertiary alicyclic amines) is 1. The van der Waals surface area contributed by atoms with Crippen LogP contribution in [0.15, 0.2) is 83.8 Å². The van der Waals surface area contributed by atoms with Crippen molar-refractivity contribution in [2.24, 2.45) is 0 Å². The molecule has 2 saturated heterocycles. The maximum Gasteiger partial charge on any atom is 0.293 e. The molecular weight excluding hydrogens is 512 g/mol. The van der Waals surface area contributed by atoms with Gasteiger partial charge in [-0.1, -0.05) is 67.1 Å². The molecule has 0 aliphatic carbocycles. The highest BCUT2D eigenvalue weighted by atomic mass is 32.2. The molecule has 0 saturated carbocycles. The molecule has 2 heterocycles. The molecular formula is C30H36N4O4S. The Hall–Kier alpha value is -3.27. The minimum absolute atomic E-state index is 0.0197. The summed E-state index contributed by atoms with van der Waals surface area (Å²) >= 11 is 0. The number of nitro benzene ring substituents is 1. The number of hydrogen-bond acceptors (Lipinski definition) is 6. The zero-order chi connectivity index (χ0) is 27.2. The summed E-state index contributed by atoms with van der Waals surface area (Å²) in [6.07, 6.45) is 5.27. The molecule has 9 heteroatoms. The van der Waals surface area contributed by atoms with Gasteiger partial charge >= 0.3 is 0 Å². The fraction of sp³-hybridized carbons (Fsp3) is 0.400. The molecule has 8 nitrogen and oxygen atoms in total. The average molecular weight is 549 g/mol. The maximum atomic E-state index is 13.6. The Morgan fingerprint density at radius 1 is 0.795 bits per heavy atom.